The van der Waals surface area contributed by atoms with Gasteiger partial charge in [-0.15, -0.1) is 0 Å². The van der Waals surface area contributed by atoms with Crippen LogP contribution in [0.15, 0.2) is 42.5 Å². The molecule has 0 fully saturated rings. The highest BCUT2D eigenvalue weighted by Crippen LogP contribution is 2.29. The zero-order valence-corrected chi connectivity index (χ0v) is 14.5. The smallest absolute Gasteiger partial charge is 0.220 e. The van der Waals surface area contributed by atoms with Gasteiger partial charge in [-0.2, -0.15) is 0 Å². The molecule has 0 spiro atoms. The number of nitrogens with two attached hydrogens (primary N) is 1. The standard InChI is InChI=1S/C19H24N2O4/c1-24-14-8-9-18(25-2)15(11-14)17(22)12-21-19(23)10-7-13-5-3-4-6-16(13)20/h3-6,8-9,11,17,22H,7,10,12,20H2,1-2H3,(H,21,23). The fraction of sp³-hybridized carbons (Fsp3) is 0.316. The summed E-state index contributed by atoms with van der Waals surface area (Å²) in [5.74, 6) is 1.00. The summed E-state index contributed by atoms with van der Waals surface area (Å²) in [5, 5.41) is 13.1. The Morgan fingerprint density at radius 2 is 1.96 bits per heavy atom. The second-order valence-electron chi connectivity index (χ2n) is 5.63. The third kappa shape index (κ3) is 5.12. The minimum atomic E-state index is -0.893. The summed E-state index contributed by atoms with van der Waals surface area (Å²) < 4.78 is 10.4. The van der Waals surface area contributed by atoms with Crippen LogP contribution in [0.25, 0.3) is 0 Å². The molecule has 2 aromatic rings. The summed E-state index contributed by atoms with van der Waals surface area (Å²) in [6.07, 6.45) is -0.0384. The van der Waals surface area contributed by atoms with Crippen LogP contribution in [0.2, 0.25) is 0 Å². The average Bonchev–Trinajstić information content (AvgIpc) is 2.64. The van der Waals surface area contributed by atoms with Crippen molar-refractivity contribution in [3.8, 4) is 11.5 Å². The van der Waals surface area contributed by atoms with Gasteiger partial charge in [0.1, 0.15) is 11.5 Å². The van der Waals surface area contributed by atoms with Gasteiger partial charge in [-0.25, -0.2) is 0 Å². The molecule has 25 heavy (non-hydrogen) atoms. The van der Waals surface area contributed by atoms with E-state index in [0.717, 1.165) is 5.56 Å². The quantitative estimate of drug-likeness (QED) is 0.637. The number of anilines is 1. The second kappa shape index (κ2) is 8.94. The maximum Gasteiger partial charge on any atom is 0.220 e. The Morgan fingerprint density at radius 1 is 1.20 bits per heavy atom. The molecule has 6 nitrogen and oxygen atoms in total. The number of para-hydroxylation sites is 1. The van der Waals surface area contributed by atoms with Crippen LogP contribution in [0.3, 0.4) is 0 Å². The molecule has 0 aliphatic carbocycles. The van der Waals surface area contributed by atoms with E-state index in [9.17, 15) is 9.90 Å². The number of rotatable bonds is 8. The van der Waals surface area contributed by atoms with Crippen molar-refractivity contribution in [3.05, 3.63) is 53.6 Å². The molecule has 1 atom stereocenters. The van der Waals surface area contributed by atoms with Crippen molar-refractivity contribution in [1.82, 2.24) is 5.32 Å². The van der Waals surface area contributed by atoms with Crippen LogP contribution < -0.4 is 20.5 Å². The van der Waals surface area contributed by atoms with E-state index in [2.05, 4.69) is 5.32 Å². The molecule has 0 aliphatic heterocycles. The van der Waals surface area contributed by atoms with E-state index in [0.29, 0.717) is 35.6 Å². The highest BCUT2D eigenvalue weighted by atomic mass is 16.5. The van der Waals surface area contributed by atoms with Crippen LogP contribution in [-0.4, -0.2) is 31.8 Å². The largest absolute Gasteiger partial charge is 0.497 e. The first kappa shape index (κ1) is 18.6. The number of methoxy groups -OCH3 is 2. The number of nitrogens with one attached hydrogen (secondary N) is 1. The lowest BCUT2D eigenvalue weighted by Gasteiger charge is -2.16. The first-order chi connectivity index (χ1) is 12.0. The van der Waals surface area contributed by atoms with Gasteiger partial charge >= 0.3 is 0 Å². The summed E-state index contributed by atoms with van der Waals surface area (Å²) in [6, 6.07) is 12.6. The van der Waals surface area contributed by atoms with Crippen LogP contribution >= 0.6 is 0 Å². The number of hydrogen-bond donors (Lipinski definition) is 3. The number of carbonyl (C=O) groups excluding carboxylic acids is 1. The van der Waals surface area contributed by atoms with Crippen molar-refractivity contribution in [2.45, 2.75) is 18.9 Å². The molecule has 1 amide bonds. The molecule has 0 aromatic heterocycles. The number of benzene rings is 2. The first-order valence-corrected chi connectivity index (χ1v) is 8.05. The number of hydrogen-bond acceptors (Lipinski definition) is 5. The predicted molar refractivity (Wildman–Crippen MR) is 96.7 cm³/mol. The van der Waals surface area contributed by atoms with E-state index in [1.54, 1.807) is 25.3 Å². The van der Waals surface area contributed by atoms with Gasteiger partial charge in [-0.3, -0.25) is 4.79 Å². The lowest BCUT2D eigenvalue weighted by atomic mass is 10.1. The van der Waals surface area contributed by atoms with Crippen molar-refractivity contribution in [2.75, 3.05) is 26.5 Å². The summed E-state index contributed by atoms with van der Waals surface area (Å²) in [7, 11) is 3.08. The molecule has 4 N–H and O–H groups in total. The van der Waals surface area contributed by atoms with Gasteiger partial charge in [0.15, 0.2) is 0 Å². The molecule has 2 rings (SSSR count). The summed E-state index contributed by atoms with van der Waals surface area (Å²) in [4.78, 5) is 12.0. The minimum absolute atomic E-state index is 0.0899. The fourth-order valence-corrected chi connectivity index (χ4v) is 2.52. The van der Waals surface area contributed by atoms with Gasteiger partial charge in [0.2, 0.25) is 5.91 Å². The van der Waals surface area contributed by atoms with E-state index in [-0.39, 0.29) is 12.5 Å². The maximum atomic E-state index is 12.0. The maximum absolute atomic E-state index is 12.0. The Kier molecular flexibility index (Phi) is 6.65. The zero-order valence-electron chi connectivity index (χ0n) is 14.5. The molecule has 134 valence electrons. The van der Waals surface area contributed by atoms with Gasteiger partial charge < -0.3 is 25.6 Å². The van der Waals surface area contributed by atoms with Crippen LogP contribution in [0.5, 0.6) is 11.5 Å². The van der Waals surface area contributed by atoms with E-state index in [4.69, 9.17) is 15.2 Å². The molecular weight excluding hydrogens is 320 g/mol. The lowest BCUT2D eigenvalue weighted by Crippen LogP contribution is -2.28. The lowest BCUT2D eigenvalue weighted by molar-refractivity contribution is -0.121. The number of aliphatic hydroxyl groups excluding tert-OH is 1. The molecule has 0 heterocycles. The molecule has 6 heteroatoms. The first-order valence-electron chi connectivity index (χ1n) is 8.05. The molecular formula is C19H24N2O4. The Hall–Kier alpha value is -2.73. The van der Waals surface area contributed by atoms with Crippen molar-refractivity contribution in [3.63, 3.8) is 0 Å². The summed E-state index contributed by atoms with van der Waals surface area (Å²) >= 11 is 0. The Morgan fingerprint density at radius 3 is 2.64 bits per heavy atom. The van der Waals surface area contributed by atoms with E-state index in [1.807, 2.05) is 24.3 Å². The van der Waals surface area contributed by atoms with Crippen LogP contribution in [0.4, 0.5) is 5.69 Å². The highest BCUT2D eigenvalue weighted by Gasteiger charge is 2.15. The van der Waals surface area contributed by atoms with Gasteiger partial charge in [0.05, 0.1) is 20.3 Å². The fourth-order valence-electron chi connectivity index (χ4n) is 2.52. The molecule has 0 radical (unpaired) electrons. The molecule has 0 aliphatic rings. The zero-order chi connectivity index (χ0) is 18.2. The van der Waals surface area contributed by atoms with Gasteiger partial charge in [0.25, 0.3) is 0 Å². The SMILES string of the molecule is COc1ccc(OC)c(C(O)CNC(=O)CCc2ccccc2N)c1. The normalized spacial score (nSPS) is 11.6. The van der Waals surface area contributed by atoms with Gasteiger partial charge in [-0.1, -0.05) is 18.2 Å². The number of aryl methyl sites for hydroxylation is 1. The van der Waals surface area contributed by atoms with Crippen LogP contribution in [0, 0.1) is 0 Å². The number of ether oxygens (including phenoxy) is 2. The molecule has 0 bridgehead atoms. The second-order valence-corrected chi connectivity index (χ2v) is 5.63. The van der Waals surface area contributed by atoms with Crippen molar-refractivity contribution in [1.29, 1.82) is 0 Å². The number of aliphatic hydroxyl groups is 1. The van der Waals surface area contributed by atoms with Gasteiger partial charge in [-0.05, 0) is 36.2 Å². The van der Waals surface area contributed by atoms with E-state index >= 15 is 0 Å². The minimum Gasteiger partial charge on any atom is -0.497 e. The molecule has 2 aromatic carbocycles. The van der Waals surface area contributed by atoms with Crippen molar-refractivity contribution >= 4 is 11.6 Å². The summed E-state index contributed by atoms with van der Waals surface area (Å²) in [5.41, 5.74) is 8.05. The Bertz CT molecular complexity index is 718. The number of amides is 1. The van der Waals surface area contributed by atoms with Crippen LogP contribution in [0.1, 0.15) is 23.7 Å². The monoisotopic (exact) mass is 344 g/mol. The number of nitrogen functional groups attached to an aromatic ring is 1. The van der Waals surface area contributed by atoms with Crippen molar-refractivity contribution in [2.24, 2.45) is 0 Å². The summed E-state index contributed by atoms with van der Waals surface area (Å²) in [6.45, 7) is 0.0899. The third-order valence-corrected chi connectivity index (χ3v) is 3.96. The Balaban J connectivity index is 1.90. The van der Waals surface area contributed by atoms with E-state index in [1.165, 1.54) is 7.11 Å². The molecule has 1 unspecified atom stereocenters. The van der Waals surface area contributed by atoms with Crippen LogP contribution in [-0.2, 0) is 11.2 Å². The van der Waals surface area contributed by atoms with E-state index < -0.39 is 6.10 Å². The predicted octanol–water partition coefficient (Wildman–Crippen LogP) is 2.07. The molecule has 0 saturated carbocycles. The highest BCUT2D eigenvalue weighted by molar-refractivity contribution is 5.76. The third-order valence-electron chi connectivity index (χ3n) is 3.96. The molecule has 0 saturated heterocycles. The number of carbonyl (C=O) groups is 1. The van der Waals surface area contributed by atoms with Gasteiger partial charge in [0, 0.05) is 24.2 Å². The van der Waals surface area contributed by atoms with Crippen molar-refractivity contribution < 1.29 is 19.4 Å². The Labute approximate surface area is 147 Å². The topological polar surface area (TPSA) is 93.8 Å². The average molecular weight is 344 g/mol.